The minimum Gasteiger partial charge on any atom is -0.322 e. The molecule has 0 saturated carbocycles. The summed E-state index contributed by atoms with van der Waals surface area (Å²) in [5, 5.41) is 0. The maximum Gasteiger partial charge on any atom is 0.136 e. The maximum atomic E-state index is 10.5. The Morgan fingerprint density at radius 1 is 1.42 bits per heavy atom. The minimum absolute atomic E-state index is 0.231. The summed E-state index contributed by atoms with van der Waals surface area (Å²) in [6.45, 7) is 1.59. The lowest BCUT2D eigenvalue weighted by Gasteiger charge is -2.01. The zero-order chi connectivity index (χ0) is 9.40. The molecule has 0 amide bonds. The predicted octanol–water partition coefficient (Wildman–Crippen LogP) is 1.05. The van der Waals surface area contributed by atoms with Crippen LogP contribution in [-0.2, 0) is 9.59 Å². The molecule has 1 atom stereocenters. The van der Waals surface area contributed by atoms with E-state index in [-0.39, 0.29) is 11.8 Å². The van der Waals surface area contributed by atoms with Gasteiger partial charge in [0.05, 0.1) is 6.04 Å². The van der Waals surface area contributed by atoms with Crippen LogP contribution in [0.2, 0.25) is 0 Å². The first-order valence-electron chi connectivity index (χ1n) is 4.37. The SMILES string of the molecule is CC(=O)CCCCCC(N)C=O. The molecule has 0 rings (SSSR count). The molecule has 0 aliphatic carbocycles. The molecule has 1 unspecified atom stereocenters. The number of hydrogen-bond acceptors (Lipinski definition) is 3. The molecule has 0 bridgehead atoms. The second-order valence-electron chi connectivity index (χ2n) is 3.10. The second-order valence-corrected chi connectivity index (χ2v) is 3.10. The number of aldehydes is 1. The van der Waals surface area contributed by atoms with Crippen LogP contribution in [0.4, 0.5) is 0 Å². The Morgan fingerprint density at radius 3 is 2.58 bits per heavy atom. The highest BCUT2D eigenvalue weighted by Gasteiger charge is 1.99. The summed E-state index contributed by atoms with van der Waals surface area (Å²) in [4.78, 5) is 20.6. The molecule has 0 aromatic heterocycles. The molecule has 2 N–H and O–H groups in total. The van der Waals surface area contributed by atoms with Gasteiger partial charge in [-0.15, -0.1) is 0 Å². The van der Waals surface area contributed by atoms with E-state index in [0.717, 1.165) is 32.0 Å². The molecule has 0 fully saturated rings. The summed E-state index contributed by atoms with van der Waals surface area (Å²) in [7, 11) is 0. The number of ketones is 1. The largest absolute Gasteiger partial charge is 0.322 e. The Balaban J connectivity index is 3.10. The molecular weight excluding hydrogens is 154 g/mol. The lowest BCUT2D eigenvalue weighted by molar-refractivity contribution is -0.117. The van der Waals surface area contributed by atoms with Gasteiger partial charge in [0.15, 0.2) is 0 Å². The van der Waals surface area contributed by atoms with E-state index in [1.165, 1.54) is 0 Å². The highest BCUT2D eigenvalue weighted by molar-refractivity contribution is 5.75. The quantitative estimate of drug-likeness (QED) is 0.460. The standard InChI is InChI=1S/C9H17NO2/c1-8(12)5-3-2-4-6-9(10)7-11/h7,9H,2-6,10H2,1H3. The number of unbranched alkanes of at least 4 members (excludes halogenated alkanes) is 2. The summed E-state index contributed by atoms with van der Waals surface area (Å²) < 4.78 is 0. The number of carbonyl (C=O) groups excluding carboxylic acids is 2. The van der Waals surface area contributed by atoms with E-state index < -0.39 is 0 Å². The Bertz CT molecular complexity index is 145. The van der Waals surface area contributed by atoms with Crippen LogP contribution < -0.4 is 5.73 Å². The Labute approximate surface area is 73.3 Å². The highest BCUT2D eigenvalue weighted by Crippen LogP contribution is 2.04. The summed E-state index contributed by atoms with van der Waals surface area (Å²) in [6, 6.07) is -0.317. The van der Waals surface area contributed by atoms with Crippen molar-refractivity contribution in [3.8, 4) is 0 Å². The first-order valence-corrected chi connectivity index (χ1v) is 4.37. The summed E-state index contributed by atoms with van der Waals surface area (Å²) in [5.74, 6) is 0.231. The normalized spacial score (nSPS) is 12.5. The summed E-state index contributed by atoms with van der Waals surface area (Å²) >= 11 is 0. The highest BCUT2D eigenvalue weighted by atomic mass is 16.1. The van der Waals surface area contributed by atoms with Crippen molar-refractivity contribution in [1.82, 2.24) is 0 Å². The van der Waals surface area contributed by atoms with E-state index in [4.69, 9.17) is 5.73 Å². The fourth-order valence-electron chi connectivity index (χ4n) is 0.999. The van der Waals surface area contributed by atoms with E-state index in [2.05, 4.69) is 0 Å². The van der Waals surface area contributed by atoms with Crippen LogP contribution in [0, 0.1) is 0 Å². The third kappa shape index (κ3) is 7.41. The third-order valence-electron chi connectivity index (χ3n) is 1.74. The van der Waals surface area contributed by atoms with Crippen molar-refractivity contribution < 1.29 is 9.59 Å². The van der Waals surface area contributed by atoms with Crippen molar-refractivity contribution in [2.75, 3.05) is 0 Å². The van der Waals surface area contributed by atoms with E-state index in [9.17, 15) is 9.59 Å². The van der Waals surface area contributed by atoms with Crippen LogP contribution in [0.5, 0.6) is 0 Å². The number of nitrogens with two attached hydrogens (primary N) is 1. The van der Waals surface area contributed by atoms with Gasteiger partial charge < -0.3 is 15.3 Å². The topological polar surface area (TPSA) is 60.2 Å². The third-order valence-corrected chi connectivity index (χ3v) is 1.74. The van der Waals surface area contributed by atoms with Crippen molar-refractivity contribution >= 4 is 12.1 Å². The predicted molar refractivity (Wildman–Crippen MR) is 47.8 cm³/mol. The molecule has 0 heterocycles. The van der Waals surface area contributed by atoms with Gasteiger partial charge in [-0.1, -0.05) is 12.8 Å². The molecule has 3 heteroatoms. The number of Topliss-reactive ketones (excluding diaryl/α,β-unsaturated/α-hetero) is 1. The number of rotatable bonds is 7. The molecule has 0 aromatic rings. The van der Waals surface area contributed by atoms with Crippen LogP contribution in [0.15, 0.2) is 0 Å². The zero-order valence-electron chi connectivity index (χ0n) is 7.58. The van der Waals surface area contributed by atoms with Crippen LogP contribution in [0.3, 0.4) is 0 Å². The first-order chi connectivity index (χ1) is 5.66. The minimum atomic E-state index is -0.317. The van der Waals surface area contributed by atoms with E-state index in [1.807, 2.05) is 0 Å². The van der Waals surface area contributed by atoms with Gasteiger partial charge in [0.25, 0.3) is 0 Å². The Hall–Kier alpha value is -0.700. The van der Waals surface area contributed by atoms with Gasteiger partial charge in [0, 0.05) is 6.42 Å². The average molecular weight is 171 g/mol. The average Bonchev–Trinajstić information content (AvgIpc) is 2.03. The van der Waals surface area contributed by atoms with Gasteiger partial charge in [-0.05, 0) is 19.8 Å². The second kappa shape index (κ2) is 6.98. The molecular formula is C9H17NO2. The molecule has 0 aliphatic heterocycles. The Morgan fingerprint density at radius 2 is 2.08 bits per heavy atom. The van der Waals surface area contributed by atoms with Gasteiger partial charge in [-0.2, -0.15) is 0 Å². The number of hydrogen-bond donors (Lipinski definition) is 1. The Kier molecular flexibility index (Phi) is 6.57. The van der Waals surface area contributed by atoms with Crippen molar-refractivity contribution in [3.05, 3.63) is 0 Å². The van der Waals surface area contributed by atoms with Crippen molar-refractivity contribution in [3.63, 3.8) is 0 Å². The van der Waals surface area contributed by atoms with Gasteiger partial charge >= 0.3 is 0 Å². The van der Waals surface area contributed by atoms with Gasteiger partial charge in [0.1, 0.15) is 12.1 Å². The van der Waals surface area contributed by atoms with Crippen LogP contribution in [0.1, 0.15) is 39.0 Å². The van der Waals surface area contributed by atoms with Crippen LogP contribution in [0.25, 0.3) is 0 Å². The summed E-state index contributed by atoms with van der Waals surface area (Å²) in [6.07, 6.45) is 5.00. The molecule has 0 saturated heterocycles. The lowest BCUT2D eigenvalue weighted by atomic mass is 10.1. The molecule has 0 radical (unpaired) electrons. The van der Waals surface area contributed by atoms with Crippen molar-refractivity contribution in [2.45, 2.75) is 45.1 Å². The van der Waals surface area contributed by atoms with Crippen molar-refractivity contribution in [1.29, 1.82) is 0 Å². The molecule has 3 nitrogen and oxygen atoms in total. The van der Waals surface area contributed by atoms with Gasteiger partial charge in [-0.25, -0.2) is 0 Å². The monoisotopic (exact) mass is 171 g/mol. The van der Waals surface area contributed by atoms with Crippen molar-refractivity contribution in [2.24, 2.45) is 5.73 Å². The fraction of sp³-hybridized carbons (Fsp3) is 0.778. The number of carbonyl (C=O) groups is 2. The van der Waals surface area contributed by atoms with E-state index in [0.29, 0.717) is 6.42 Å². The van der Waals surface area contributed by atoms with E-state index >= 15 is 0 Å². The molecule has 12 heavy (non-hydrogen) atoms. The molecule has 0 aliphatic rings. The van der Waals surface area contributed by atoms with Crippen LogP contribution in [-0.4, -0.2) is 18.1 Å². The first kappa shape index (κ1) is 11.3. The van der Waals surface area contributed by atoms with E-state index in [1.54, 1.807) is 6.92 Å². The molecule has 70 valence electrons. The van der Waals surface area contributed by atoms with Gasteiger partial charge in [-0.3, -0.25) is 0 Å². The smallest absolute Gasteiger partial charge is 0.136 e. The fourth-order valence-corrected chi connectivity index (χ4v) is 0.999. The summed E-state index contributed by atoms with van der Waals surface area (Å²) in [5.41, 5.74) is 5.38. The van der Waals surface area contributed by atoms with Gasteiger partial charge in [0.2, 0.25) is 0 Å². The molecule has 0 spiro atoms. The van der Waals surface area contributed by atoms with Crippen LogP contribution >= 0.6 is 0 Å². The lowest BCUT2D eigenvalue weighted by Crippen LogP contribution is -2.20. The molecule has 0 aromatic carbocycles. The maximum absolute atomic E-state index is 10.5. The zero-order valence-corrected chi connectivity index (χ0v) is 7.58.